The number of carbonyl (C=O) groups is 2. The first-order chi connectivity index (χ1) is 14.0. The number of likely N-dealkylation sites (tertiary alicyclic amines) is 1. The number of aryl methyl sites for hydroxylation is 2. The minimum Gasteiger partial charge on any atom is -0.365 e. The highest BCUT2D eigenvalue weighted by atomic mass is 32.1. The molecule has 3 aliphatic rings. The van der Waals surface area contributed by atoms with Crippen LogP contribution < -0.4 is 5.32 Å². The molecule has 1 atom stereocenters. The zero-order chi connectivity index (χ0) is 20.4. The van der Waals surface area contributed by atoms with Crippen molar-refractivity contribution in [3.8, 4) is 0 Å². The molecule has 1 N–H and O–H groups in total. The molecule has 1 aromatic rings. The predicted octanol–water partition coefficient (Wildman–Crippen LogP) is 1.84. The minimum atomic E-state index is -0.152. The van der Waals surface area contributed by atoms with Crippen LogP contribution in [0.4, 0.5) is 0 Å². The summed E-state index contributed by atoms with van der Waals surface area (Å²) in [6, 6.07) is 0. The first kappa shape index (κ1) is 20.8. The maximum atomic E-state index is 12.4. The van der Waals surface area contributed by atoms with Gasteiger partial charge in [-0.2, -0.15) is 0 Å². The molecular formula is C21H32N4O3S. The van der Waals surface area contributed by atoms with Crippen molar-refractivity contribution < 1.29 is 14.3 Å². The third-order valence-electron chi connectivity index (χ3n) is 6.22. The Morgan fingerprint density at radius 3 is 2.55 bits per heavy atom. The summed E-state index contributed by atoms with van der Waals surface area (Å²) in [5.41, 5.74) is 0.763. The van der Waals surface area contributed by atoms with Crippen molar-refractivity contribution in [1.29, 1.82) is 0 Å². The van der Waals surface area contributed by atoms with Crippen LogP contribution >= 0.6 is 11.3 Å². The van der Waals surface area contributed by atoms with Crippen LogP contribution in [0.5, 0.6) is 0 Å². The molecule has 0 aromatic carbocycles. The topological polar surface area (TPSA) is 74.8 Å². The highest BCUT2D eigenvalue weighted by molar-refractivity contribution is 7.13. The molecule has 4 rings (SSSR count). The normalized spacial score (nSPS) is 24.1. The summed E-state index contributed by atoms with van der Waals surface area (Å²) in [5, 5.41) is 3.84. The highest BCUT2D eigenvalue weighted by Gasteiger charge is 2.31. The van der Waals surface area contributed by atoms with Crippen LogP contribution in [0, 0.1) is 25.7 Å². The number of hydrogen-bond donors (Lipinski definition) is 1. The van der Waals surface area contributed by atoms with E-state index in [1.807, 2.05) is 18.7 Å². The van der Waals surface area contributed by atoms with Gasteiger partial charge in [-0.3, -0.25) is 9.59 Å². The smallest absolute Gasteiger partial charge is 0.263 e. The number of nitrogens with one attached hydrogen (secondary N) is 1. The van der Waals surface area contributed by atoms with E-state index in [0.29, 0.717) is 23.9 Å². The maximum Gasteiger partial charge on any atom is 0.263 e. The van der Waals surface area contributed by atoms with E-state index in [1.54, 1.807) is 0 Å². The van der Waals surface area contributed by atoms with E-state index in [2.05, 4.69) is 15.2 Å². The lowest BCUT2D eigenvalue weighted by Crippen LogP contribution is -2.52. The number of amides is 2. The predicted molar refractivity (Wildman–Crippen MR) is 112 cm³/mol. The summed E-state index contributed by atoms with van der Waals surface area (Å²) in [6.07, 6.45) is 5.00. The fourth-order valence-electron chi connectivity index (χ4n) is 4.34. The molecule has 3 heterocycles. The molecule has 160 valence electrons. The van der Waals surface area contributed by atoms with E-state index in [1.165, 1.54) is 43.6 Å². The fourth-order valence-corrected chi connectivity index (χ4v) is 5.17. The van der Waals surface area contributed by atoms with Crippen LogP contribution in [0.3, 0.4) is 0 Å². The summed E-state index contributed by atoms with van der Waals surface area (Å²) >= 11 is 1.41. The van der Waals surface area contributed by atoms with E-state index >= 15 is 0 Å². The largest absolute Gasteiger partial charge is 0.365 e. The number of hydrogen-bond acceptors (Lipinski definition) is 6. The number of piperidine rings is 1. The van der Waals surface area contributed by atoms with E-state index in [0.717, 1.165) is 36.3 Å². The zero-order valence-corrected chi connectivity index (χ0v) is 18.3. The van der Waals surface area contributed by atoms with Crippen molar-refractivity contribution in [2.24, 2.45) is 11.8 Å². The van der Waals surface area contributed by atoms with E-state index < -0.39 is 0 Å². The highest BCUT2D eigenvalue weighted by Crippen LogP contribution is 2.31. The quantitative estimate of drug-likeness (QED) is 0.729. The van der Waals surface area contributed by atoms with Crippen LogP contribution in [-0.4, -0.2) is 78.6 Å². The molecule has 7 nitrogen and oxygen atoms in total. The third kappa shape index (κ3) is 5.55. The van der Waals surface area contributed by atoms with Crippen molar-refractivity contribution in [2.75, 3.05) is 45.9 Å². The Balaban J connectivity index is 1.22. The van der Waals surface area contributed by atoms with Crippen LogP contribution in [0.1, 0.15) is 46.1 Å². The van der Waals surface area contributed by atoms with E-state index in [-0.39, 0.29) is 24.5 Å². The van der Waals surface area contributed by atoms with Crippen LogP contribution in [-0.2, 0) is 9.53 Å². The molecule has 0 unspecified atom stereocenters. The van der Waals surface area contributed by atoms with Crippen molar-refractivity contribution in [1.82, 2.24) is 20.1 Å². The standard InChI is InChI=1S/C21H32N4O3S/c1-14-20(29-15(2)23-14)21(27)22-9-18-12-25(19(26)13-28-18)11-17-5-7-24(8-6-17)10-16-3-4-16/h16-18H,3-13H2,1-2H3,(H,22,27)/t18-/m0/s1. The summed E-state index contributed by atoms with van der Waals surface area (Å²) < 4.78 is 5.67. The lowest BCUT2D eigenvalue weighted by Gasteiger charge is -2.38. The van der Waals surface area contributed by atoms with Gasteiger partial charge in [0.05, 0.1) is 16.8 Å². The van der Waals surface area contributed by atoms with Gasteiger partial charge < -0.3 is 19.9 Å². The second kappa shape index (κ2) is 9.10. The van der Waals surface area contributed by atoms with Crippen molar-refractivity contribution in [3.05, 3.63) is 15.6 Å². The van der Waals surface area contributed by atoms with Gasteiger partial charge in [0.1, 0.15) is 11.5 Å². The molecule has 29 heavy (non-hydrogen) atoms. The lowest BCUT2D eigenvalue weighted by atomic mass is 9.95. The lowest BCUT2D eigenvalue weighted by molar-refractivity contribution is -0.149. The molecule has 2 aliphatic heterocycles. The molecule has 0 radical (unpaired) electrons. The van der Waals surface area contributed by atoms with Gasteiger partial charge in [-0.15, -0.1) is 11.3 Å². The van der Waals surface area contributed by atoms with Gasteiger partial charge in [-0.1, -0.05) is 0 Å². The second-order valence-electron chi connectivity index (χ2n) is 8.78. The van der Waals surface area contributed by atoms with E-state index in [4.69, 9.17) is 4.74 Å². The molecule has 8 heteroatoms. The SMILES string of the molecule is Cc1nc(C)c(C(=O)NC[C@H]2CN(CC3CCN(CC4CC4)CC3)C(=O)CO2)s1. The van der Waals surface area contributed by atoms with E-state index in [9.17, 15) is 9.59 Å². The molecule has 1 saturated carbocycles. The van der Waals surface area contributed by atoms with Crippen LogP contribution in [0.25, 0.3) is 0 Å². The Bertz CT molecular complexity index is 740. The molecular weight excluding hydrogens is 388 g/mol. The first-order valence-electron chi connectivity index (χ1n) is 10.8. The second-order valence-corrected chi connectivity index (χ2v) is 9.98. The van der Waals surface area contributed by atoms with Crippen LogP contribution in [0.2, 0.25) is 0 Å². The maximum absolute atomic E-state index is 12.4. The molecule has 1 aliphatic carbocycles. The summed E-state index contributed by atoms with van der Waals surface area (Å²) in [5.74, 6) is 1.48. The Labute approximate surface area is 176 Å². The molecule has 2 saturated heterocycles. The zero-order valence-electron chi connectivity index (χ0n) is 17.5. The Hall–Kier alpha value is -1.51. The molecule has 0 spiro atoms. The Kier molecular flexibility index (Phi) is 6.51. The van der Waals surface area contributed by atoms with Gasteiger partial charge in [0.15, 0.2) is 0 Å². The average molecular weight is 421 g/mol. The van der Waals surface area contributed by atoms with Gasteiger partial charge in [0.25, 0.3) is 5.91 Å². The van der Waals surface area contributed by atoms with Gasteiger partial charge in [0, 0.05) is 26.2 Å². The number of rotatable bonds is 7. The van der Waals surface area contributed by atoms with Crippen LogP contribution in [0.15, 0.2) is 0 Å². The molecule has 0 bridgehead atoms. The summed E-state index contributed by atoms with van der Waals surface area (Å²) in [7, 11) is 0. The number of carbonyl (C=O) groups excluding carboxylic acids is 2. The number of aromatic nitrogens is 1. The number of nitrogens with zero attached hydrogens (tertiary/aromatic N) is 3. The summed E-state index contributed by atoms with van der Waals surface area (Å²) in [6.45, 7) is 9.24. The molecule has 3 fully saturated rings. The van der Waals surface area contributed by atoms with Crippen molar-refractivity contribution >= 4 is 23.2 Å². The molecule has 1 aromatic heterocycles. The monoisotopic (exact) mass is 420 g/mol. The average Bonchev–Trinajstić information content (AvgIpc) is 3.45. The summed E-state index contributed by atoms with van der Waals surface area (Å²) in [4.78, 5) is 34.3. The number of thiazole rings is 1. The van der Waals surface area contributed by atoms with Gasteiger partial charge >= 0.3 is 0 Å². The third-order valence-corrected chi connectivity index (χ3v) is 7.29. The minimum absolute atomic E-state index is 0.0712. The molecule has 2 amide bonds. The van der Waals surface area contributed by atoms with Gasteiger partial charge in [-0.05, 0) is 64.5 Å². The number of ether oxygens (including phenoxy) is 1. The Morgan fingerprint density at radius 2 is 1.90 bits per heavy atom. The van der Waals surface area contributed by atoms with Gasteiger partial charge in [-0.25, -0.2) is 4.98 Å². The fraction of sp³-hybridized carbons (Fsp3) is 0.762. The number of morpholine rings is 1. The Morgan fingerprint density at radius 1 is 1.17 bits per heavy atom. The first-order valence-corrected chi connectivity index (χ1v) is 11.6. The van der Waals surface area contributed by atoms with Crippen molar-refractivity contribution in [3.63, 3.8) is 0 Å². The van der Waals surface area contributed by atoms with Gasteiger partial charge in [0.2, 0.25) is 5.91 Å². The van der Waals surface area contributed by atoms with Crippen molar-refractivity contribution in [2.45, 2.75) is 45.6 Å².